The molecule has 6 nitrogen and oxygen atoms in total. The Morgan fingerprint density at radius 2 is 1.92 bits per heavy atom. The van der Waals surface area contributed by atoms with Gasteiger partial charge in [0.1, 0.15) is 5.75 Å². The number of amides is 2. The summed E-state index contributed by atoms with van der Waals surface area (Å²) < 4.78 is 5.09. The summed E-state index contributed by atoms with van der Waals surface area (Å²) >= 11 is 1.64. The number of hydrogen-bond donors (Lipinski definition) is 2. The van der Waals surface area contributed by atoms with Gasteiger partial charge in [0.2, 0.25) is 0 Å². The van der Waals surface area contributed by atoms with E-state index in [1.54, 1.807) is 42.7 Å². The molecule has 1 unspecified atom stereocenters. The van der Waals surface area contributed by atoms with Gasteiger partial charge in [0.25, 0.3) is 11.8 Å². The number of rotatable bonds is 9. The number of hydrogen-bond acceptors (Lipinski definition) is 4. The summed E-state index contributed by atoms with van der Waals surface area (Å²) in [7, 11) is 3.45. The zero-order valence-electron chi connectivity index (χ0n) is 15.5. The Hall–Kier alpha value is -2.38. The lowest BCUT2D eigenvalue weighted by Gasteiger charge is -2.22. The number of ether oxygens (including phenoxy) is 1. The van der Waals surface area contributed by atoms with Crippen molar-refractivity contribution in [2.75, 3.05) is 39.1 Å². The molecule has 26 heavy (non-hydrogen) atoms. The number of methoxy groups -OCH3 is 1. The van der Waals surface area contributed by atoms with Gasteiger partial charge in [-0.15, -0.1) is 11.3 Å². The molecular weight excluding hydrogens is 350 g/mol. The lowest BCUT2D eigenvalue weighted by molar-refractivity contribution is -0.862. The minimum atomic E-state index is -0.123. The smallest absolute Gasteiger partial charge is 0.279 e. The van der Waals surface area contributed by atoms with E-state index in [1.165, 1.54) is 0 Å². The Morgan fingerprint density at radius 3 is 2.50 bits per heavy atom. The topological polar surface area (TPSA) is 63.1 Å². The Labute approximate surface area is 158 Å². The SMILES string of the molecule is CCN(Cc1cccs1)C(=O)C[NH+](C)CC(=O)Nc1ccc(OC)cc1. The molecule has 1 aromatic heterocycles. The fourth-order valence-electron chi connectivity index (χ4n) is 2.55. The predicted octanol–water partition coefficient (Wildman–Crippen LogP) is 1.26. The van der Waals surface area contributed by atoms with Gasteiger partial charge in [-0.2, -0.15) is 0 Å². The van der Waals surface area contributed by atoms with Crippen LogP contribution >= 0.6 is 11.3 Å². The molecule has 0 aliphatic carbocycles. The average molecular weight is 377 g/mol. The maximum Gasteiger partial charge on any atom is 0.279 e. The summed E-state index contributed by atoms with van der Waals surface area (Å²) in [6.07, 6.45) is 0. The lowest BCUT2D eigenvalue weighted by atomic mass is 10.3. The Bertz CT molecular complexity index is 701. The third-order valence-corrected chi connectivity index (χ3v) is 4.81. The summed E-state index contributed by atoms with van der Waals surface area (Å²) in [6.45, 7) is 3.77. The maximum atomic E-state index is 12.5. The number of benzene rings is 1. The summed E-state index contributed by atoms with van der Waals surface area (Å²) in [4.78, 5) is 28.5. The molecule has 0 aliphatic heterocycles. The average Bonchev–Trinajstić information content (AvgIpc) is 3.13. The van der Waals surface area contributed by atoms with Crippen molar-refractivity contribution in [3.63, 3.8) is 0 Å². The van der Waals surface area contributed by atoms with Crippen LogP contribution in [0.2, 0.25) is 0 Å². The highest BCUT2D eigenvalue weighted by molar-refractivity contribution is 7.09. The largest absolute Gasteiger partial charge is 0.497 e. The van der Waals surface area contributed by atoms with Crippen LogP contribution in [0.5, 0.6) is 5.75 Å². The molecule has 0 radical (unpaired) electrons. The van der Waals surface area contributed by atoms with Crippen LogP contribution in [0.15, 0.2) is 41.8 Å². The summed E-state index contributed by atoms with van der Waals surface area (Å²) in [5, 5.41) is 4.85. The molecular formula is C19H26N3O3S+. The first kappa shape index (κ1) is 19.9. The van der Waals surface area contributed by atoms with Crippen molar-refractivity contribution in [3.05, 3.63) is 46.7 Å². The van der Waals surface area contributed by atoms with Gasteiger partial charge < -0.3 is 19.9 Å². The van der Waals surface area contributed by atoms with Crippen LogP contribution in [0.4, 0.5) is 5.69 Å². The van der Waals surface area contributed by atoms with Gasteiger partial charge in [-0.1, -0.05) is 6.07 Å². The van der Waals surface area contributed by atoms with Crippen molar-refractivity contribution in [2.45, 2.75) is 13.5 Å². The van der Waals surface area contributed by atoms with Crippen LogP contribution < -0.4 is 15.0 Å². The van der Waals surface area contributed by atoms with Crippen molar-refractivity contribution in [1.29, 1.82) is 0 Å². The zero-order chi connectivity index (χ0) is 18.9. The van der Waals surface area contributed by atoms with E-state index in [0.717, 1.165) is 15.5 Å². The zero-order valence-corrected chi connectivity index (χ0v) is 16.3. The van der Waals surface area contributed by atoms with Crippen LogP contribution in [0, 0.1) is 0 Å². The highest BCUT2D eigenvalue weighted by Crippen LogP contribution is 2.14. The molecule has 140 valence electrons. The number of thiophene rings is 1. The number of quaternary nitrogens is 1. The molecule has 7 heteroatoms. The second-order valence-corrected chi connectivity index (χ2v) is 7.11. The summed E-state index contributed by atoms with van der Waals surface area (Å²) in [6, 6.07) is 11.2. The number of nitrogens with zero attached hydrogens (tertiary/aromatic N) is 1. The first-order valence-electron chi connectivity index (χ1n) is 8.57. The van der Waals surface area contributed by atoms with E-state index in [9.17, 15) is 9.59 Å². The fourth-order valence-corrected chi connectivity index (χ4v) is 3.27. The molecule has 1 heterocycles. The third kappa shape index (κ3) is 6.16. The van der Waals surface area contributed by atoms with E-state index >= 15 is 0 Å². The van der Waals surface area contributed by atoms with Gasteiger partial charge in [-0.3, -0.25) is 9.59 Å². The third-order valence-electron chi connectivity index (χ3n) is 3.95. The van der Waals surface area contributed by atoms with Crippen molar-refractivity contribution in [3.8, 4) is 5.75 Å². The second kappa shape index (κ2) is 9.94. The van der Waals surface area contributed by atoms with Crippen molar-refractivity contribution in [2.24, 2.45) is 0 Å². The van der Waals surface area contributed by atoms with Gasteiger partial charge >= 0.3 is 0 Å². The van der Waals surface area contributed by atoms with E-state index in [1.807, 2.05) is 36.4 Å². The van der Waals surface area contributed by atoms with E-state index in [0.29, 0.717) is 18.8 Å². The van der Waals surface area contributed by atoms with Crippen LogP contribution in [0.25, 0.3) is 0 Å². The van der Waals surface area contributed by atoms with Gasteiger partial charge in [0, 0.05) is 17.1 Å². The molecule has 2 N–H and O–H groups in total. The molecule has 0 aliphatic rings. The second-order valence-electron chi connectivity index (χ2n) is 6.07. The normalized spacial score (nSPS) is 11.7. The summed E-state index contributed by atoms with van der Waals surface area (Å²) in [5.41, 5.74) is 0.711. The number of carbonyl (C=O) groups excluding carboxylic acids is 2. The highest BCUT2D eigenvalue weighted by Gasteiger charge is 2.19. The van der Waals surface area contributed by atoms with E-state index in [2.05, 4.69) is 5.32 Å². The fraction of sp³-hybridized carbons (Fsp3) is 0.368. The lowest BCUT2D eigenvalue weighted by Crippen LogP contribution is -3.11. The van der Waals surface area contributed by atoms with Gasteiger partial charge in [-0.25, -0.2) is 0 Å². The van der Waals surface area contributed by atoms with E-state index in [4.69, 9.17) is 4.74 Å². The Kier molecular flexibility index (Phi) is 7.62. The van der Waals surface area contributed by atoms with Crippen LogP contribution in [0.1, 0.15) is 11.8 Å². The maximum absolute atomic E-state index is 12.5. The van der Waals surface area contributed by atoms with Crippen LogP contribution in [0.3, 0.4) is 0 Å². The van der Waals surface area contributed by atoms with Crippen molar-refractivity contribution < 1.29 is 19.2 Å². The molecule has 1 atom stereocenters. The highest BCUT2D eigenvalue weighted by atomic mass is 32.1. The van der Waals surface area contributed by atoms with Gasteiger partial charge in [0.05, 0.1) is 20.7 Å². The molecule has 0 saturated heterocycles. The first-order valence-corrected chi connectivity index (χ1v) is 9.45. The number of nitrogens with one attached hydrogen (secondary N) is 2. The van der Waals surface area contributed by atoms with Gasteiger partial charge in [-0.05, 0) is 42.6 Å². The van der Waals surface area contributed by atoms with Crippen molar-refractivity contribution >= 4 is 28.8 Å². The summed E-state index contributed by atoms with van der Waals surface area (Å²) in [5.74, 6) is 0.666. The minimum Gasteiger partial charge on any atom is -0.497 e. The van der Waals surface area contributed by atoms with Crippen molar-refractivity contribution in [1.82, 2.24) is 4.90 Å². The van der Waals surface area contributed by atoms with E-state index < -0.39 is 0 Å². The number of likely N-dealkylation sites (N-methyl/N-ethyl adjacent to an activating group) is 2. The number of carbonyl (C=O) groups is 2. The molecule has 0 bridgehead atoms. The first-order chi connectivity index (χ1) is 12.5. The van der Waals surface area contributed by atoms with Crippen LogP contribution in [-0.4, -0.2) is 50.5 Å². The molecule has 2 amide bonds. The molecule has 2 rings (SSSR count). The standard InChI is InChI=1S/C19H25N3O3S/c1-4-22(12-17-6-5-11-26-17)19(24)14-21(2)13-18(23)20-15-7-9-16(25-3)10-8-15/h5-11H,4,12-14H2,1-3H3,(H,20,23)/p+1. The molecule has 2 aromatic rings. The Balaban J connectivity index is 1.80. The molecule has 0 fully saturated rings. The number of anilines is 1. The predicted molar refractivity (Wildman–Crippen MR) is 104 cm³/mol. The minimum absolute atomic E-state index is 0.0515. The van der Waals surface area contributed by atoms with Crippen LogP contribution in [-0.2, 0) is 16.1 Å². The Morgan fingerprint density at radius 1 is 1.19 bits per heavy atom. The van der Waals surface area contributed by atoms with Gasteiger partial charge in [0.15, 0.2) is 13.1 Å². The monoisotopic (exact) mass is 376 g/mol. The molecule has 0 spiro atoms. The van der Waals surface area contributed by atoms with E-state index in [-0.39, 0.29) is 24.9 Å². The molecule has 1 aromatic carbocycles. The quantitative estimate of drug-likeness (QED) is 0.693. The molecule has 0 saturated carbocycles.